The Labute approximate surface area is 123 Å². The predicted molar refractivity (Wildman–Crippen MR) is 78.2 cm³/mol. The first kappa shape index (κ1) is 13.0. The number of nitrogens with zero attached hydrogens (tertiary/aromatic N) is 6. The molecule has 0 aliphatic carbocycles. The number of hydrogen-bond acceptors (Lipinski definition) is 6. The normalized spacial score (nSPS) is 11.2. The fourth-order valence-corrected chi connectivity index (χ4v) is 2.43. The van der Waals surface area contributed by atoms with Crippen LogP contribution in [0.1, 0.15) is 13.3 Å². The van der Waals surface area contributed by atoms with Crippen LogP contribution >= 0.6 is 15.9 Å². The summed E-state index contributed by atoms with van der Waals surface area (Å²) in [5, 5.41) is 18.9. The van der Waals surface area contributed by atoms with E-state index in [9.17, 15) is 0 Å². The Morgan fingerprint density at radius 1 is 1.40 bits per heavy atom. The third-order valence-electron chi connectivity index (χ3n) is 2.85. The molecule has 0 spiro atoms. The van der Waals surface area contributed by atoms with Gasteiger partial charge in [0.05, 0.1) is 11.6 Å². The molecule has 3 aromatic heterocycles. The van der Waals surface area contributed by atoms with Crippen LogP contribution in [0.15, 0.2) is 10.8 Å². The molecule has 9 heteroatoms. The highest BCUT2D eigenvalue weighted by Crippen LogP contribution is 2.29. The summed E-state index contributed by atoms with van der Waals surface area (Å²) >= 11 is 3.40. The lowest BCUT2D eigenvalue weighted by molar-refractivity contribution is 0.719. The average Bonchev–Trinajstić information content (AvgIpc) is 3.03. The van der Waals surface area contributed by atoms with Gasteiger partial charge in [-0.2, -0.15) is 10.1 Å². The standard InChI is InChI=1S/C11H13BrN8/c1-3-4-13-11-15-7(6-5-14-18-10(6)16-11)8-9(12)17-19-20(8)2/h5H,3-4H2,1-2H3,(H2,13,14,15,16,18). The smallest absolute Gasteiger partial charge is 0.225 e. The van der Waals surface area contributed by atoms with Crippen LogP contribution in [-0.4, -0.2) is 41.7 Å². The van der Waals surface area contributed by atoms with Crippen molar-refractivity contribution in [2.24, 2.45) is 7.05 Å². The minimum Gasteiger partial charge on any atom is -0.354 e. The van der Waals surface area contributed by atoms with Gasteiger partial charge in [0.15, 0.2) is 10.3 Å². The van der Waals surface area contributed by atoms with E-state index >= 15 is 0 Å². The molecular weight excluding hydrogens is 324 g/mol. The lowest BCUT2D eigenvalue weighted by Crippen LogP contribution is -2.06. The van der Waals surface area contributed by atoms with Crippen LogP contribution in [0, 0.1) is 0 Å². The average molecular weight is 337 g/mol. The summed E-state index contributed by atoms with van der Waals surface area (Å²) in [5.41, 5.74) is 2.21. The van der Waals surface area contributed by atoms with Crippen molar-refractivity contribution in [3.8, 4) is 11.4 Å². The molecule has 104 valence electrons. The zero-order valence-electron chi connectivity index (χ0n) is 11.1. The Hall–Kier alpha value is -2.03. The van der Waals surface area contributed by atoms with Gasteiger partial charge in [0.2, 0.25) is 5.95 Å². The fraction of sp³-hybridized carbons (Fsp3) is 0.364. The highest BCUT2D eigenvalue weighted by molar-refractivity contribution is 9.10. The maximum Gasteiger partial charge on any atom is 0.225 e. The quantitative estimate of drug-likeness (QED) is 0.753. The van der Waals surface area contributed by atoms with Crippen LogP contribution in [0.3, 0.4) is 0 Å². The molecule has 3 rings (SSSR count). The van der Waals surface area contributed by atoms with E-state index in [4.69, 9.17) is 0 Å². The summed E-state index contributed by atoms with van der Waals surface area (Å²) in [6.45, 7) is 2.90. The van der Waals surface area contributed by atoms with Crippen molar-refractivity contribution in [1.82, 2.24) is 35.2 Å². The summed E-state index contributed by atoms with van der Waals surface area (Å²) in [7, 11) is 1.82. The SMILES string of the molecule is CCCNc1nc(-c2c(Br)nnn2C)c2cn[nH]c2n1. The zero-order valence-corrected chi connectivity index (χ0v) is 12.6. The summed E-state index contributed by atoms with van der Waals surface area (Å²) < 4.78 is 2.31. The first-order valence-electron chi connectivity index (χ1n) is 6.21. The number of halogens is 1. The van der Waals surface area contributed by atoms with Crippen LogP contribution in [0.25, 0.3) is 22.4 Å². The van der Waals surface area contributed by atoms with Gasteiger partial charge in [-0.25, -0.2) is 9.67 Å². The Kier molecular flexibility index (Phi) is 3.35. The highest BCUT2D eigenvalue weighted by atomic mass is 79.9. The van der Waals surface area contributed by atoms with Crippen molar-refractivity contribution in [3.63, 3.8) is 0 Å². The van der Waals surface area contributed by atoms with Crippen LogP contribution in [0.2, 0.25) is 0 Å². The molecule has 0 unspecified atom stereocenters. The number of anilines is 1. The molecule has 0 fully saturated rings. The molecule has 8 nitrogen and oxygen atoms in total. The zero-order chi connectivity index (χ0) is 14.1. The predicted octanol–water partition coefficient (Wildman–Crippen LogP) is 1.73. The maximum atomic E-state index is 4.56. The number of H-pyrrole nitrogens is 1. The first-order valence-corrected chi connectivity index (χ1v) is 7.00. The minimum atomic E-state index is 0.562. The van der Waals surface area contributed by atoms with Gasteiger partial charge in [-0.3, -0.25) is 5.10 Å². The van der Waals surface area contributed by atoms with Crippen LogP contribution in [-0.2, 0) is 7.05 Å². The summed E-state index contributed by atoms with van der Waals surface area (Å²) in [6.07, 6.45) is 2.70. The van der Waals surface area contributed by atoms with Crippen LogP contribution < -0.4 is 5.32 Å². The molecule has 0 aliphatic rings. The van der Waals surface area contributed by atoms with E-state index in [1.54, 1.807) is 10.9 Å². The molecule has 0 bridgehead atoms. The molecular formula is C11H13BrN8. The van der Waals surface area contributed by atoms with Gasteiger partial charge >= 0.3 is 0 Å². The molecule has 0 amide bonds. The topological polar surface area (TPSA) is 97.2 Å². The van der Waals surface area contributed by atoms with Crippen molar-refractivity contribution in [1.29, 1.82) is 0 Å². The third-order valence-corrected chi connectivity index (χ3v) is 3.39. The first-order chi connectivity index (χ1) is 9.70. The van der Waals surface area contributed by atoms with E-state index in [-0.39, 0.29) is 0 Å². The molecule has 0 atom stereocenters. The van der Waals surface area contributed by atoms with Gasteiger partial charge < -0.3 is 5.32 Å². The number of aryl methyl sites for hydroxylation is 1. The number of fused-ring (bicyclic) bond motifs is 1. The van der Waals surface area contributed by atoms with E-state index < -0.39 is 0 Å². The lowest BCUT2D eigenvalue weighted by Gasteiger charge is -2.07. The monoisotopic (exact) mass is 336 g/mol. The van der Waals surface area contributed by atoms with Gasteiger partial charge in [0.1, 0.15) is 11.4 Å². The second-order valence-electron chi connectivity index (χ2n) is 4.31. The van der Waals surface area contributed by atoms with Crippen molar-refractivity contribution >= 4 is 32.9 Å². The van der Waals surface area contributed by atoms with Crippen molar-refractivity contribution in [2.45, 2.75) is 13.3 Å². The third kappa shape index (κ3) is 2.13. The number of nitrogens with one attached hydrogen (secondary N) is 2. The second kappa shape index (κ2) is 5.16. The van der Waals surface area contributed by atoms with E-state index in [0.717, 1.165) is 29.7 Å². The van der Waals surface area contributed by atoms with E-state index in [2.05, 4.69) is 58.6 Å². The number of rotatable bonds is 4. The lowest BCUT2D eigenvalue weighted by atomic mass is 10.2. The van der Waals surface area contributed by atoms with Gasteiger partial charge in [0, 0.05) is 13.6 Å². The van der Waals surface area contributed by atoms with Crippen LogP contribution in [0.4, 0.5) is 5.95 Å². The highest BCUT2D eigenvalue weighted by Gasteiger charge is 2.18. The number of hydrogen-bond donors (Lipinski definition) is 2. The van der Waals surface area contributed by atoms with E-state index in [0.29, 0.717) is 16.2 Å². The van der Waals surface area contributed by atoms with Gasteiger partial charge in [0.25, 0.3) is 0 Å². The molecule has 2 N–H and O–H groups in total. The van der Waals surface area contributed by atoms with Gasteiger partial charge in [-0.05, 0) is 22.4 Å². The Balaban J connectivity index is 2.20. The van der Waals surface area contributed by atoms with Gasteiger partial charge in [-0.15, -0.1) is 5.10 Å². The molecule has 20 heavy (non-hydrogen) atoms. The Morgan fingerprint density at radius 2 is 2.25 bits per heavy atom. The van der Waals surface area contributed by atoms with Crippen LogP contribution in [0.5, 0.6) is 0 Å². The Morgan fingerprint density at radius 3 is 2.95 bits per heavy atom. The molecule has 0 aliphatic heterocycles. The molecule has 3 aromatic rings. The van der Waals surface area contributed by atoms with E-state index in [1.165, 1.54) is 0 Å². The summed E-state index contributed by atoms with van der Waals surface area (Å²) in [5.74, 6) is 0.562. The van der Waals surface area contributed by atoms with Crippen molar-refractivity contribution in [3.05, 3.63) is 10.8 Å². The Bertz CT molecular complexity index is 727. The molecule has 3 heterocycles. The molecule has 0 aromatic carbocycles. The summed E-state index contributed by atoms with van der Waals surface area (Å²) in [6, 6.07) is 0. The minimum absolute atomic E-state index is 0.562. The molecule has 0 radical (unpaired) electrons. The molecule has 0 saturated carbocycles. The fourth-order valence-electron chi connectivity index (χ4n) is 1.91. The van der Waals surface area contributed by atoms with Crippen molar-refractivity contribution < 1.29 is 0 Å². The van der Waals surface area contributed by atoms with E-state index in [1.807, 2.05) is 7.05 Å². The number of aromatic nitrogens is 7. The van der Waals surface area contributed by atoms with Crippen molar-refractivity contribution in [2.75, 3.05) is 11.9 Å². The number of aromatic amines is 1. The summed E-state index contributed by atoms with van der Waals surface area (Å²) in [4.78, 5) is 8.96. The second-order valence-corrected chi connectivity index (χ2v) is 5.06. The largest absolute Gasteiger partial charge is 0.354 e. The van der Waals surface area contributed by atoms with Gasteiger partial charge in [-0.1, -0.05) is 12.1 Å². The molecule has 0 saturated heterocycles. The maximum absolute atomic E-state index is 4.56.